The third-order valence-electron chi connectivity index (χ3n) is 8.80. The molecule has 2 aliphatic rings. The molecular formula is C36H44F2N2O4. The van der Waals surface area contributed by atoms with Gasteiger partial charge in [-0.15, -0.1) is 0 Å². The van der Waals surface area contributed by atoms with Gasteiger partial charge in [0.15, 0.2) is 17.7 Å². The van der Waals surface area contributed by atoms with Gasteiger partial charge < -0.3 is 19.5 Å². The first-order chi connectivity index (χ1) is 20.6. The minimum Gasteiger partial charge on any atom is -0.490 e. The van der Waals surface area contributed by atoms with Gasteiger partial charge in [0.1, 0.15) is 11.9 Å². The highest BCUT2D eigenvalue weighted by atomic mass is 19.2. The molecule has 3 heterocycles. The molecule has 1 saturated heterocycles. The highest BCUT2D eigenvalue weighted by Gasteiger charge is 2.36. The molecule has 0 saturated carbocycles. The number of aryl methyl sites for hydroxylation is 3. The summed E-state index contributed by atoms with van der Waals surface area (Å²) >= 11 is 0. The Kier molecular flexibility index (Phi) is 8.78. The third-order valence-corrected chi connectivity index (χ3v) is 8.80. The predicted molar refractivity (Wildman–Crippen MR) is 168 cm³/mol. The van der Waals surface area contributed by atoms with E-state index in [0.29, 0.717) is 23.2 Å². The molecule has 8 heteroatoms. The minimum absolute atomic E-state index is 0.147. The zero-order valence-electron chi connectivity index (χ0n) is 26.9. The number of carboxylic acids is 1. The number of hydrogen-bond acceptors (Lipinski definition) is 5. The van der Waals surface area contributed by atoms with E-state index in [-0.39, 0.29) is 11.5 Å². The van der Waals surface area contributed by atoms with Crippen molar-refractivity contribution >= 4 is 11.7 Å². The molecular weight excluding hydrogens is 562 g/mol. The summed E-state index contributed by atoms with van der Waals surface area (Å²) in [7, 11) is 0. The quantitative estimate of drug-likeness (QED) is 0.293. The standard InChI is InChI=1S/C36H44F2N2O4/c1-21-30(25-10-13-29-24(20-25)9-11-26(43-29)18-23-8-12-27(37)28(38)19-23)32(40-16-14-36(6,7)15-17-40)31(22(2)39-21)33(34(41)42)44-35(3,4)5/h8,10,12-13,19-20,26,33H,9,11,14-18H2,1-7H3,(H,41,42)/t26-,33+/m1/s1. The third kappa shape index (κ3) is 6.90. The van der Waals surface area contributed by atoms with Crippen LogP contribution in [0.5, 0.6) is 5.75 Å². The number of carboxylic acid groups (broad SMARTS) is 1. The number of piperidine rings is 1. The number of aliphatic carboxylic acids is 1. The number of benzene rings is 2. The zero-order valence-corrected chi connectivity index (χ0v) is 26.9. The van der Waals surface area contributed by atoms with Crippen LogP contribution in [0.2, 0.25) is 0 Å². The van der Waals surface area contributed by atoms with Crippen LogP contribution in [0, 0.1) is 30.9 Å². The topological polar surface area (TPSA) is 71.9 Å². The van der Waals surface area contributed by atoms with E-state index in [4.69, 9.17) is 14.5 Å². The van der Waals surface area contributed by atoms with Crippen LogP contribution >= 0.6 is 0 Å². The van der Waals surface area contributed by atoms with Gasteiger partial charge in [0, 0.05) is 42.0 Å². The Bertz CT molecular complexity index is 1550. The van der Waals surface area contributed by atoms with Crippen molar-refractivity contribution in [3.05, 3.63) is 76.1 Å². The molecule has 2 atom stereocenters. The van der Waals surface area contributed by atoms with E-state index in [0.717, 1.165) is 78.7 Å². The van der Waals surface area contributed by atoms with Crippen LogP contribution in [0.15, 0.2) is 36.4 Å². The number of pyridine rings is 1. The Labute approximate surface area is 259 Å². The summed E-state index contributed by atoms with van der Waals surface area (Å²) in [6.07, 6.45) is 2.64. The highest BCUT2D eigenvalue weighted by molar-refractivity contribution is 5.88. The number of aromatic nitrogens is 1. The second kappa shape index (κ2) is 12.1. The Hall–Kier alpha value is -3.52. The number of rotatable bonds is 7. The second-order valence-electron chi connectivity index (χ2n) is 14.1. The smallest absolute Gasteiger partial charge is 0.337 e. The summed E-state index contributed by atoms with van der Waals surface area (Å²) in [5.74, 6) is -1.97. The van der Waals surface area contributed by atoms with Crippen molar-refractivity contribution in [2.24, 2.45) is 5.41 Å². The molecule has 236 valence electrons. The number of nitrogens with zero attached hydrogens (tertiary/aromatic N) is 2. The van der Waals surface area contributed by atoms with E-state index in [1.807, 2.05) is 46.8 Å². The van der Waals surface area contributed by atoms with E-state index in [9.17, 15) is 18.7 Å². The van der Waals surface area contributed by atoms with Crippen LogP contribution in [0.1, 0.15) is 88.1 Å². The van der Waals surface area contributed by atoms with Crippen molar-refractivity contribution in [2.45, 2.75) is 98.4 Å². The van der Waals surface area contributed by atoms with Crippen LogP contribution in [0.4, 0.5) is 14.5 Å². The average molecular weight is 607 g/mol. The Morgan fingerprint density at radius 3 is 2.43 bits per heavy atom. The van der Waals surface area contributed by atoms with Gasteiger partial charge in [-0.25, -0.2) is 13.6 Å². The summed E-state index contributed by atoms with van der Waals surface area (Å²) in [6, 6.07) is 10.1. The lowest BCUT2D eigenvalue weighted by atomic mass is 9.81. The summed E-state index contributed by atoms with van der Waals surface area (Å²) in [5.41, 5.74) is 6.13. The van der Waals surface area contributed by atoms with E-state index < -0.39 is 29.3 Å². The fourth-order valence-electron chi connectivity index (χ4n) is 6.43. The minimum atomic E-state index is -1.18. The summed E-state index contributed by atoms with van der Waals surface area (Å²) in [5, 5.41) is 10.4. The van der Waals surface area contributed by atoms with Gasteiger partial charge in [-0.3, -0.25) is 4.98 Å². The van der Waals surface area contributed by atoms with Crippen molar-refractivity contribution in [3.8, 4) is 16.9 Å². The van der Waals surface area contributed by atoms with Gasteiger partial charge in [0.25, 0.3) is 0 Å². The maximum absolute atomic E-state index is 13.8. The first-order valence-electron chi connectivity index (χ1n) is 15.5. The monoisotopic (exact) mass is 606 g/mol. The number of carbonyl (C=O) groups is 1. The normalized spacial score (nSPS) is 18.8. The van der Waals surface area contributed by atoms with Crippen LogP contribution in [-0.4, -0.2) is 40.9 Å². The molecule has 0 radical (unpaired) electrons. The molecule has 5 rings (SSSR count). The molecule has 1 fully saturated rings. The lowest BCUT2D eigenvalue weighted by molar-refractivity contribution is -0.160. The lowest BCUT2D eigenvalue weighted by Crippen LogP contribution is -2.39. The summed E-state index contributed by atoms with van der Waals surface area (Å²) < 4.78 is 39.7. The number of anilines is 1. The second-order valence-corrected chi connectivity index (χ2v) is 14.1. The Balaban J connectivity index is 1.56. The molecule has 0 bridgehead atoms. The van der Waals surface area contributed by atoms with E-state index in [1.165, 1.54) is 6.07 Å². The molecule has 0 unspecified atom stereocenters. The first-order valence-corrected chi connectivity index (χ1v) is 15.5. The average Bonchev–Trinajstić information content (AvgIpc) is 2.93. The van der Waals surface area contributed by atoms with Crippen molar-refractivity contribution in [1.29, 1.82) is 0 Å². The Morgan fingerprint density at radius 2 is 1.80 bits per heavy atom. The van der Waals surface area contributed by atoms with Gasteiger partial charge in [-0.05, 0) is 107 Å². The summed E-state index contributed by atoms with van der Waals surface area (Å²) in [6.45, 7) is 15.6. The Morgan fingerprint density at radius 1 is 1.09 bits per heavy atom. The van der Waals surface area contributed by atoms with Crippen LogP contribution < -0.4 is 9.64 Å². The van der Waals surface area contributed by atoms with E-state index in [2.05, 4.69) is 24.8 Å². The van der Waals surface area contributed by atoms with E-state index >= 15 is 0 Å². The molecule has 1 aromatic heterocycles. The van der Waals surface area contributed by atoms with Crippen molar-refractivity contribution in [3.63, 3.8) is 0 Å². The molecule has 1 N–H and O–H groups in total. The predicted octanol–water partition coefficient (Wildman–Crippen LogP) is 8.15. The number of hydrogen-bond donors (Lipinski definition) is 1. The fraction of sp³-hybridized carbons (Fsp3) is 0.500. The molecule has 2 aliphatic heterocycles. The summed E-state index contributed by atoms with van der Waals surface area (Å²) in [4.78, 5) is 20.0. The SMILES string of the molecule is Cc1nc(C)c([C@H](OC(C)(C)C)C(=O)O)c(N2CCC(C)(C)CC2)c1-c1ccc2c(c1)CC[C@H](Cc1ccc(F)c(F)c1)O2. The highest BCUT2D eigenvalue weighted by Crippen LogP contribution is 2.46. The van der Waals surface area contributed by atoms with Gasteiger partial charge in [0.05, 0.1) is 11.3 Å². The maximum atomic E-state index is 13.8. The lowest BCUT2D eigenvalue weighted by Gasteiger charge is -2.41. The van der Waals surface area contributed by atoms with Crippen molar-refractivity contribution in [2.75, 3.05) is 18.0 Å². The largest absolute Gasteiger partial charge is 0.490 e. The number of ether oxygens (including phenoxy) is 2. The van der Waals surface area contributed by atoms with Crippen molar-refractivity contribution in [1.82, 2.24) is 4.98 Å². The van der Waals surface area contributed by atoms with Crippen molar-refractivity contribution < 1.29 is 28.2 Å². The van der Waals surface area contributed by atoms with Crippen LogP contribution in [0.25, 0.3) is 11.1 Å². The zero-order chi connectivity index (χ0) is 32.0. The molecule has 2 aromatic carbocycles. The maximum Gasteiger partial charge on any atom is 0.337 e. The van der Waals surface area contributed by atoms with Gasteiger partial charge in [-0.1, -0.05) is 26.0 Å². The number of halogens is 2. The molecule has 0 amide bonds. The van der Waals surface area contributed by atoms with Gasteiger partial charge in [0.2, 0.25) is 0 Å². The number of fused-ring (bicyclic) bond motifs is 1. The van der Waals surface area contributed by atoms with Crippen LogP contribution in [0.3, 0.4) is 0 Å². The fourth-order valence-corrected chi connectivity index (χ4v) is 6.43. The first kappa shape index (κ1) is 31.9. The van der Waals surface area contributed by atoms with Gasteiger partial charge in [-0.2, -0.15) is 0 Å². The molecule has 6 nitrogen and oxygen atoms in total. The molecule has 0 aliphatic carbocycles. The van der Waals surface area contributed by atoms with E-state index in [1.54, 1.807) is 6.07 Å². The molecule has 3 aromatic rings. The van der Waals surface area contributed by atoms with Crippen LogP contribution in [-0.2, 0) is 22.4 Å². The molecule has 0 spiro atoms. The molecule has 44 heavy (non-hydrogen) atoms. The van der Waals surface area contributed by atoms with Gasteiger partial charge >= 0.3 is 5.97 Å².